The summed E-state index contributed by atoms with van der Waals surface area (Å²) in [7, 11) is 0. The minimum Gasteiger partial charge on any atom is -0.366 e. The number of rotatable bonds is 6. The van der Waals surface area contributed by atoms with Crippen molar-refractivity contribution in [3.05, 3.63) is 0 Å². The lowest BCUT2D eigenvalue weighted by atomic mass is 9.44. The molecule has 1 amide bonds. The molecule has 232 valence electrons. The fraction of sp³-hybridized carbons (Fsp3) is 0.971. The lowest BCUT2D eigenvalue weighted by Crippen LogP contribution is -2.56. The monoisotopic (exact) mass is 563 g/mol. The minimum absolute atomic E-state index is 0.208. The van der Waals surface area contributed by atoms with Gasteiger partial charge in [0.05, 0.1) is 0 Å². The second-order valence-corrected chi connectivity index (χ2v) is 15.4. The summed E-state index contributed by atoms with van der Waals surface area (Å²) < 4.78 is 0. The number of carbonyl (C=O) groups is 1. The molecule has 0 aromatic rings. The van der Waals surface area contributed by atoms with E-state index in [1.807, 2.05) is 6.92 Å². The molecule has 5 N–H and O–H groups in total. The van der Waals surface area contributed by atoms with Crippen molar-refractivity contribution >= 4 is 5.91 Å². The summed E-state index contributed by atoms with van der Waals surface area (Å²) in [5.74, 6) is 2.39. The normalized spacial score (nSPS) is 41.0. The summed E-state index contributed by atoms with van der Waals surface area (Å²) in [6.07, 6.45) is 15.8. The molecule has 0 aromatic heterocycles. The Hall–Kier alpha value is -0.690. The molecule has 0 heterocycles. The fourth-order valence-electron chi connectivity index (χ4n) is 10.6. The van der Waals surface area contributed by atoms with Crippen molar-refractivity contribution in [3.8, 4) is 0 Å². The summed E-state index contributed by atoms with van der Waals surface area (Å²) >= 11 is 0. The van der Waals surface area contributed by atoms with Gasteiger partial charge in [0.25, 0.3) is 0 Å². The number of amides is 1. The molecule has 5 rings (SSSR count). The number of nitrogens with one attached hydrogen (secondary N) is 1. The zero-order chi connectivity index (χ0) is 29.3. The SMILES string of the molecule is CCC1CCC(O)(O)CC1.CCNC(=O)CCC(C)C1CCC2C3CCC4CC(O)(O)CCC4(C)C3CCC12C. The van der Waals surface area contributed by atoms with Gasteiger partial charge in [-0.25, -0.2) is 0 Å². The highest BCUT2D eigenvalue weighted by Gasteiger charge is 2.61. The summed E-state index contributed by atoms with van der Waals surface area (Å²) in [6, 6.07) is 0. The van der Waals surface area contributed by atoms with E-state index in [2.05, 4.69) is 33.0 Å². The second-order valence-electron chi connectivity index (χ2n) is 15.4. The van der Waals surface area contributed by atoms with Crippen LogP contribution in [-0.2, 0) is 4.79 Å². The quantitative estimate of drug-likeness (QED) is 0.249. The molecular formula is C34H61NO5. The van der Waals surface area contributed by atoms with Gasteiger partial charge < -0.3 is 25.7 Å². The van der Waals surface area contributed by atoms with E-state index in [4.69, 9.17) is 10.2 Å². The number of hydrogen-bond donors (Lipinski definition) is 5. The van der Waals surface area contributed by atoms with Crippen LogP contribution in [0, 0.1) is 52.3 Å². The first kappa shape index (κ1) is 32.2. The van der Waals surface area contributed by atoms with Crippen LogP contribution >= 0.6 is 0 Å². The van der Waals surface area contributed by atoms with Crippen molar-refractivity contribution in [3.63, 3.8) is 0 Å². The average molecular weight is 564 g/mol. The Morgan fingerprint density at radius 2 is 1.48 bits per heavy atom. The third kappa shape index (κ3) is 6.76. The lowest BCUT2D eigenvalue weighted by Gasteiger charge is -2.61. The fourth-order valence-corrected chi connectivity index (χ4v) is 10.6. The van der Waals surface area contributed by atoms with Gasteiger partial charge >= 0.3 is 0 Å². The Bertz CT molecular complexity index is 849. The first-order chi connectivity index (χ1) is 18.7. The number of fused-ring (bicyclic) bond motifs is 5. The van der Waals surface area contributed by atoms with E-state index in [1.165, 1.54) is 44.9 Å². The smallest absolute Gasteiger partial charge is 0.219 e. The van der Waals surface area contributed by atoms with E-state index >= 15 is 0 Å². The molecule has 8 unspecified atom stereocenters. The van der Waals surface area contributed by atoms with Gasteiger partial charge in [-0.15, -0.1) is 0 Å². The van der Waals surface area contributed by atoms with Crippen molar-refractivity contribution in [2.24, 2.45) is 52.3 Å². The predicted octanol–water partition coefficient (Wildman–Crippen LogP) is 6.15. The first-order valence-corrected chi connectivity index (χ1v) is 16.9. The third-order valence-corrected chi connectivity index (χ3v) is 13.1. The van der Waals surface area contributed by atoms with Crippen LogP contribution in [0.3, 0.4) is 0 Å². The molecule has 6 nitrogen and oxygen atoms in total. The molecule has 0 spiro atoms. The van der Waals surface area contributed by atoms with Crippen LogP contribution in [0.25, 0.3) is 0 Å². The van der Waals surface area contributed by atoms with Gasteiger partial charge in [0, 0.05) is 38.6 Å². The van der Waals surface area contributed by atoms with Crippen molar-refractivity contribution in [1.29, 1.82) is 0 Å². The Labute approximate surface area is 244 Å². The van der Waals surface area contributed by atoms with Crippen LogP contribution < -0.4 is 5.32 Å². The summed E-state index contributed by atoms with van der Waals surface area (Å²) in [4.78, 5) is 12.0. The highest BCUT2D eigenvalue weighted by molar-refractivity contribution is 5.75. The number of aliphatic hydroxyl groups is 4. The van der Waals surface area contributed by atoms with Gasteiger partial charge in [-0.2, -0.15) is 0 Å². The molecular weight excluding hydrogens is 502 g/mol. The molecule has 5 saturated carbocycles. The standard InChI is InChI=1S/C26H45NO3.C8H16O2/c1-5-27-23(28)11-6-17(2)20-9-10-21-19-8-7-18-16-26(29,30)15-14-24(18,3)22(19)12-13-25(20,21)4;1-2-7-3-5-8(9,10)6-4-7/h17-22,29-30H,5-16H2,1-4H3,(H,27,28);7,9-10H,2-6H2,1H3. The second kappa shape index (κ2) is 12.5. The van der Waals surface area contributed by atoms with Crippen molar-refractivity contribution in [2.45, 2.75) is 149 Å². The maximum absolute atomic E-state index is 12.0. The van der Waals surface area contributed by atoms with Crippen LogP contribution in [0.2, 0.25) is 0 Å². The largest absolute Gasteiger partial charge is 0.366 e. The molecule has 5 fully saturated rings. The van der Waals surface area contributed by atoms with Crippen LogP contribution in [0.4, 0.5) is 0 Å². The molecule has 8 atom stereocenters. The molecule has 0 aromatic carbocycles. The molecule has 5 aliphatic carbocycles. The Morgan fingerprint density at radius 1 is 0.800 bits per heavy atom. The van der Waals surface area contributed by atoms with E-state index in [9.17, 15) is 15.0 Å². The van der Waals surface area contributed by atoms with Gasteiger partial charge in [-0.3, -0.25) is 4.79 Å². The van der Waals surface area contributed by atoms with E-state index < -0.39 is 11.6 Å². The molecule has 0 bridgehead atoms. The van der Waals surface area contributed by atoms with E-state index in [0.717, 1.165) is 61.8 Å². The van der Waals surface area contributed by atoms with Crippen LogP contribution in [0.15, 0.2) is 0 Å². The average Bonchev–Trinajstić information content (AvgIpc) is 3.25. The zero-order valence-corrected chi connectivity index (χ0v) is 26.3. The zero-order valence-electron chi connectivity index (χ0n) is 26.3. The predicted molar refractivity (Wildman–Crippen MR) is 159 cm³/mol. The van der Waals surface area contributed by atoms with E-state index in [-0.39, 0.29) is 5.91 Å². The Balaban J connectivity index is 0.000000312. The highest BCUT2D eigenvalue weighted by Crippen LogP contribution is 2.68. The molecule has 0 saturated heterocycles. The minimum atomic E-state index is -1.43. The maximum Gasteiger partial charge on any atom is 0.219 e. The lowest BCUT2D eigenvalue weighted by molar-refractivity contribution is -0.233. The molecule has 0 aliphatic heterocycles. The number of carbonyl (C=O) groups excluding carboxylic acids is 1. The summed E-state index contributed by atoms with van der Waals surface area (Å²) in [6.45, 7) is 12.3. The van der Waals surface area contributed by atoms with Crippen molar-refractivity contribution in [2.75, 3.05) is 6.54 Å². The maximum atomic E-state index is 12.0. The Kier molecular flexibility index (Phi) is 10.1. The summed E-state index contributed by atoms with van der Waals surface area (Å²) in [5, 5.41) is 41.8. The molecule has 0 radical (unpaired) electrons. The van der Waals surface area contributed by atoms with Crippen LogP contribution in [-0.4, -0.2) is 44.5 Å². The highest BCUT2D eigenvalue weighted by atomic mass is 16.5. The molecule has 40 heavy (non-hydrogen) atoms. The molecule has 6 heteroatoms. The van der Waals surface area contributed by atoms with E-state index in [0.29, 0.717) is 54.8 Å². The van der Waals surface area contributed by atoms with Gasteiger partial charge in [0.1, 0.15) is 0 Å². The Morgan fingerprint density at radius 3 is 2.12 bits per heavy atom. The third-order valence-electron chi connectivity index (χ3n) is 13.1. The van der Waals surface area contributed by atoms with Crippen LogP contribution in [0.5, 0.6) is 0 Å². The van der Waals surface area contributed by atoms with E-state index in [1.54, 1.807) is 0 Å². The van der Waals surface area contributed by atoms with Crippen molar-refractivity contribution in [1.82, 2.24) is 5.32 Å². The molecule has 5 aliphatic rings. The number of hydrogen-bond acceptors (Lipinski definition) is 5. The topological polar surface area (TPSA) is 110 Å². The van der Waals surface area contributed by atoms with Gasteiger partial charge in [0.2, 0.25) is 5.91 Å². The van der Waals surface area contributed by atoms with Crippen molar-refractivity contribution < 1.29 is 25.2 Å². The van der Waals surface area contributed by atoms with Crippen LogP contribution in [0.1, 0.15) is 137 Å². The van der Waals surface area contributed by atoms with Gasteiger partial charge in [-0.1, -0.05) is 34.1 Å². The summed E-state index contributed by atoms with van der Waals surface area (Å²) in [5.41, 5.74) is 0.721. The van der Waals surface area contributed by atoms with Gasteiger partial charge in [0.15, 0.2) is 11.6 Å². The first-order valence-electron chi connectivity index (χ1n) is 16.9. The van der Waals surface area contributed by atoms with Gasteiger partial charge in [-0.05, 0) is 123 Å².